The minimum Gasteiger partial charge on any atom is -0.341 e. The molecule has 2 heterocycles. The van der Waals surface area contributed by atoms with Crippen molar-refractivity contribution in [1.82, 2.24) is 20.1 Å². The van der Waals surface area contributed by atoms with E-state index in [0.717, 1.165) is 23.1 Å². The average molecular weight is 409 g/mol. The van der Waals surface area contributed by atoms with Crippen molar-refractivity contribution >= 4 is 33.6 Å². The lowest BCUT2D eigenvalue weighted by Crippen LogP contribution is -2.43. The number of likely N-dealkylation sites (tertiary alicyclic amines) is 1. The van der Waals surface area contributed by atoms with Crippen LogP contribution in [0.15, 0.2) is 33.9 Å². The van der Waals surface area contributed by atoms with Crippen LogP contribution in [0.2, 0.25) is 0 Å². The van der Waals surface area contributed by atoms with Gasteiger partial charge in [0, 0.05) is 23.1 Å². The number of piperidine rings is 1. The van der Waals surface area contributed by atoms with Crippen molar-refractivity contribution in [2.24, 2.45) is 11.8 Å². The van der Waals surface area contributed by atoms with E-state index >= 15 is 0 Å². The lowest BCUT2D eigenvalue weighted by atomic mass is 9.92. The Balaban J connectivity index is 1.59. The van der Waals surface area contributed by atoms with Gasteiger partial charge in [-0.3, -0.25) is 9.89 Å². The van der Waals surface area contributed by atoms with Gasteiger partial charge in [-0.2, -0.15) is 0 Å². The van der Waals surface area contributed by atoms with Crippen LogP contribution < -0.4 is 0 Å². The zero-order chi connectivity index (χ0) is 17.1. The van der Waals surface area contributed by atoms with E-state index in [9.17, 15) is 4.79 Å². The number of aromatic nitrogens is 3. The quantitative estimate of drug-likeness (QED) is 0.780. The van der Waals surface area contributed by atoms with Crippen LogP contribution in [0.4, 0.5) is 0 Å². The van der Waals surface area contributed by atoms with Gasteiger partial charge in [0.2, 0.25) is 11.1 Å². The lowest BCUT2D eigenvalue weighted by molar-refractivity contribution is -0.130. The molecular formula is C17H21BrN4OS. The van der Waals surface area contributed by atoms with Crippen molar-refractivity contribution in [2.75, 3.05) is 18.8 Å². The van der Waals surface area contributed by atoms with E-state index in [1.807, 2.05) is 29.2 Å². The average Bonchev–Trinajstić information content (AvgIpc) is 3.01. The Morgan fingerprint density at radius 3 is 2.75 bits per heavy atom. The number of rotatable bonds is 4. The maximum Gasteiger partial charge on any atom is 0.233 e. The molecule has 0 bridgehead atoms. The number of halogens is 1. The molecule has 1 fully saturated rings. The van der Waals surface area contributed by atoms with Gasteiger partial charge in [0.05, 0.1) is 5.75 Å². The third-order valence-electron chi connectivity index (χ3n) is 4.14. The fourth-order valence-corrected chi connectivity index (χ4v) is 4.34. The zero-order valence-corrected chi connectivity index (χ0v) is 16.2. The highest BCUT2D eigenvalue weighted by molar-refractivity contribution is 9.10. The molecule has 1 amide bonds. The van der Waals surface area contributed by atoms with Crippen molar-refractivity contribution in [3.63, 3.8) is 0 Å². The van der Waals surface area contributed by atoms with Crippen molar-refractivity contribution in [3.05, 3.63) is 28.7 Å². The number of aromatic amines is 1. The Bertz CT molecular complexity index is 710. The SMILES string of the molecule is C[C@@H]1C[C@H](C)CN(C(=O)CSc2n[nH]c(-c3ccccc3Br)n2)C1. The number of benzene rings is 1. The molecule has 24 heavy (non-hydrogen) atoms. The fourth-order valence-electron chi connectivity index (χ4n) is 3.17. The van der Waals surface area contributed by atoms with Crippen LogP contribution in [0.1, 0.15) is 20.3 Å². The summed E-state index contributed by atoms with van der Waals surface area (Å²) in [4.78, 5) is 18.9. The summed E-state index contributed by atoms with van der Waals surface area (Å²) in [6, 6.07) is 7.85. The predicted molar refractivity (Wildman–Crippen MR) is 99.8 cm³/mol. The highest BCUT2D eigenvalue weighted by Crippen LogP contribution is 2.27. The third kappa shape index (κ3) is 4.19. The molecular weight excluding hydrogens is 388 g/mol. The van der Waals surface area contributed by atoms with E-state index in [2.05, 4.69) is 45.0 Å². The number of nitrogens with zero attached hydrogens (tertiary/aromatic N) is 3. The first-order valence-corrected chi connectivity index (χ1v) is 9.88. The van der Waals surface area contributed by atoms with Gasteiger partial charge in [-0.15, -0.1) is 5.10 Å². The first-order valence-electron chi connectivity index (χ1n) is 8.10. The summed E-state index contributed by atoms with van der Waals surface area (Å²) < 4.78 is 0.963. The monoisotopic (exact) mass is 408 g/mol. The Labute approximate surface area is 154 Å². The van der Waals surface area contributed by atoms with Crippen LogP contribution in [-0.2, 0) is 4.79 Å². The molecule has 1 N–H and O–H groups in total. The number of thioether (sulfide) groups is 1. The van der Waals surface area contributed by atoms with Gasteiger partial charge in [0.15, 0.2) is 5.82 Å². The van der Waals surface area contributed by atoms with Crippen LogP contribution in [0.3, 0.4) is 0 Å². The van der Waals surface area contributed by atoms with Crippen molar-refractivity contribution in [3.8, 4) is 11.4 Å². The van der Waals surface area contributed by atoms with E-state index in [4.69, 9.17) is 0 Å². The van der Waals surface area contributed by atoms with E-state index in [1.165, 1.54) is 18.2 Å². The second-order valence-electron chi connectivity index (χ2n) is 6.48. The van der Waals surface area contributed by atoms with E-state index in [1.54, 1.807) is 0 Å². The molecule has 0 saturated carbocycles. The Morgan fingerprint density at radius 2 is 2.04 bits per heavy atom. The lowest BCUT2D eigenvalue weighted by Gasteiger charge is -2.34. The molecule has 128 valence electrons. The van der Waals surface area contributed by atoms with Gasteiger partial charge in [-0.25, -0.2) is 4.98 Å². The highest BCUT2D eigenvalue weighted by Gasteiger charge is 2.25. The summed E-state index contributed by atoms with van der Waals surface area (Å²) in [6.07, 6.45) is 1.20. The van der Waals surface area contributed by atoms with Crippen LogP contribution in [0.25, 0.3) is 11.4 Å². The summed E-state index contributed by atoms with van der Waals surface area (Å²) in [5.74, 6) is 2.41. The molecule has 5 nitrogen and oxygen atoms in total. The van der Waals surface area contributed by atoms with Crippen LogP contribution >= 0.6 is 27.7 Å². The van der Waals surface area contributed by atoms with Gasteiger partial charge in [0.25, 0.3) is 0 Å². The predicted octanol–water partition coefficient (Wildman–Crippen LogP) is 3.83. The first-order chi connectivity index (χ1) is 11.5. The molecule has 0 aliphatic carbocycles. The molecule has 0 radical (unpaired) electrons. The van der Waals surface area contributed by atoms with Crippen molar-refractivity contribution in [2.45, 2.75) is 25.4 Å². The smallest absolute Gasteiger partial charge is 0.233 e. The van der Waals surface area contributed by atoms with Gasteiger partial charge in [0.1, 0.15) is 0 Å². The van der Waals surface area contributed by atoms with Crippen molar-refractivity contribution < 1.29 is 4.79 Å². The largest absolute Gasteiger partial charge is 0.341 e. The Morgan fingerprint density at radius 1 is 1.33 bits per heavy atom. The summed E-state index contributed by atoms with van der Waals surface area (Å²) in [6.45, 7) is 6.14. The molecule has 7 heteroatoms. The molecule has 1 aliphatic rings. The molecule has 0 unspecified atom stereocenters. The second kappa shape index (κ2) is 7.70. The summed E-state index contributed by atoms with van der Waals surface area (Å²) in [7, 11) is 0. The number of amides is 1. The Kier molecular flexibility index (Phi) is 5.61. The molecule has 1 aromatic heterocycles. The fraction of sp³-hybridized carbons (Fsp3) is 0.471. The van der Waals surface area contributed by atoms with Crippen LogP contribution in [-0.4, -0.2) is 44.8 Å². The second-order valence-corrected chi connectivity index (χ2v) is 8.28. The van der Waals surface area contributed by atoms with Gasteiger partial charge >= 0.3 is 0 Å². The first kappa shape index (κ1) is 17.5. The molecule has 1 saturated heterocycles. The summed E-state index contributed by atoms with van der Waals surface area (Å²) >= 11 is 4.90. The number of carbonyl (C=O) groups is 1. The maximum absolute atomic E-state index is 12.4. The van der Waals surface area contributed by atoms with E-state index < -0.39 is 0 Å². The minimum absolute atomic E-state index is 0.172. The van der Waals surface area contributed by atoms with Crippen molar-refractivity contribution in [1.29, 1.82) is 0 Å². The number of hydrogen-bond acceptors (Lipinski definition) is 4. The third-order valence-corrected chi connectivity index (χ3v) is 5.66. The summed E-state index contributed by atoms with van der Waals surface area (Å²) in [5, 5.41) is 7.76. The van der Waals surface area contributed by atoms with Crippen LogP contribution in [0.5, 0.6) is 0 Å². The normalized spacial score (nSPS) is 21.0. The standard InChI is InChI=1S/C17H21BrN4OS/c1-11-7-12(2)9-22(8-11)15(23)10-24-17-19-16(20-21-17)13-5-3-4-6-14(13)18/h3-6,11-12H,7-10H2,1-2H3,(H,19,20,21)/t11-,12+. The highest BCUT2D eigenvalue weighted by atomic mass is 79.9. The molecule has 2 aromatic rings. The van der Waals surface area contributed by atoms with Gasteiger partial charge in [-0.05, 0) is 24.3 Å². The Hall–Kier alpha value is -1.34. The number of H-pyrrole nitrogens is 1. The minimum atomic E-state index is 0.172. The number of hydrogen-bond donors (Lipinski definition) is 1. The van der Waals surface area contributed by atoms with Crippen LogP contribution in [0, 0.1) is 11.8 Å². The summed E-state index contributed by atoms with van der Waals surface area (Å²) in [5.41, 5.74) is 0.960. The molecule has 1 aliphatic heterocycles. The van der Waals surface area contributed by atoms with Gasteiger partial charge in [-0.1, -0.05) is 59.7 Å². The number of carbonyl (C=O) groups excluding carboxylic acids is 1. The van der Waals surface area contributed by atoms with Gasteiger partial charge < -0.3 is 4.90 Å². The van der Waals surface area contributed by atoms with E-state index in [0.29, 0.717) is 28.6 Å². The molecule has 3 rings (SSSR count). The molecule has 0 spiro atoms. The molecule has 2 atom stereocenters. The van der Waals surface area contributed by atoms with E-state index in [-0.39, 0.29) is 5.91 Å². The molecule has 1 aromatic carbocycles. The zero-order valence-electron chi connectivity index (χ0n) is 13.8. The topological polar surface area (TPSA) is 61.9 Å². The maximum atomic E-state index is 12.4. The number of nitrogens with one attached hydrogen (secondary N) is 1.